The Labute approximate surface area is 129 Å². The predicted octanol–water partition coefficient (Wildman–Crippen LogP) is 3.15. The van der Waals surface area contributed by atoms with Gasteiger partial charge in [-0.3, -0.25) is 0 Å². The Kier molecular flexibility index (Phi) is 4.01. The van der Waals surface area contributed by atoms with Crippen molar-refractivity contribution in [2.75, 3.05) is 11.9 Å². The number of rotatable bonds is 5. The van der Waals surface area contributed by atoms with Crippen molar-refractivity contribution >= 4 is 27.0 Å². The highest BCUT2D eigenvalue weighted by Crippen LogP contribution is 2.28. The van der Waals surface area contributed by atoms with Crippen molar-refractivity contribution < 1.29 is 8.42 Å². The van der Waals surface area contributed by atoms with Gasteiger partial charge in [0.25, 0.3) is 0 Å². The van der Waals surface area contributed by atoms with Crippen LogP contribution in [0.1, 0.15) is 29.8 Å². The van der Waals surface area contributed by atoms with Crippen LogP contribution in [0.5, 0.6) is 0 Å². The maximum absolute atomic E-state index is 12.6. The number of nitrogens with one attached hydrogen (secondary N) is 2. The van der Waals surface area contributed by atoms with Gasteiger partial charge in [-0.25, -0.2) is 13.1 Å². The van der Waals surface area contributed by atoms with Crippen LogP contribution in [0.15, 0.2) is 40.6 Å². The molecule has 2 N–H and O–H groups in total. The quantitative estimate of drug-likeness (QED) is 0.889. The lowest BCUT2D eigenvalue weighted by molar-refractivity contribution is 0.553. The minimum atomic E-state index is -3.50. The van der Waals surface area contributed by atoms with Crippen molar-refractivity contribution in [2.45, 2.75) is 30.7 Å². The maximum Gasteiger partial charge on any atom is 0.241 e. The fourth-order valence-electron chi connectivity index (χ4n) is 2.52. The molecular formula is C15H18N2O2S2. The molecule has 4 nitrogen and oxygen atoms in total. The van der Waals surface area contributed by atoms with E-state index in [4.69, 9.17) is 0 Å². The van der Waals surface area contributed by atoms with Gasteiger partial charge in [-0.05, 0) is 42.0 Å². The Bertz CT molecular complexity index is 724. The topological polar surface area (TPSA) is 58.2 Å². The Balaban J connectivity index is 1.86. The van der Waals surface area contributed by atoms with Gasteiger partial charge in [-0.1, -0.05) is 19.1 Å². The maximum atomic E-state index is 12.6. The molecule has 0 aliphatic carbocycles. The molecule has 1 aliphatic heterocycles. The summed E-state index contributed by atoms with van der Waals surface area (Å²) in [6, 6.07) is 9.05. The SMILES string of the molecule is CCC(NS(=O)(=O)c1ccc2c(c1)NCC2)c1cccs1. The number of hydrogen-bond donors (Lipinski definition) is 2. The summed E-state index contributed by atoms with van der Waals surface area (Å²) >= 11 is 1.57. The predicted molar refractivity (Wildman–Crippen MR) is 86.3 cm³/mol. The van der Waals surface area contributed by atoms with Crippen molar-refractivity contribution in [1.82, 2.24) is 4.72 Å². The molecule has 0 fully saturated rings. The molecule has 0 amide bonds. The van der Waals surface area contributed by atoms with Gasteiger partial charge in [0.1, 0.15) is 0 Å². The summed E-state index contributed by atoms with van der Waals surface area (Å²) in [5, 5.41) is 5.18. The molecule has 3 rings (SSSR count). The molecule has 1 aliphatic rings. The van der Waals surface area contributed by atoms with Crippen LogP contribution in [0, 0.1) is 0 Å². The van der Waals surface area contributed by atoms with E-state index in [1.165, 1.54) is 5.56 Å². The van der Waals surface area contributed by atoms with Crippen LogP contribution in [0.25, 0.3) is 0 Å². The van der Waals surface area contributed by atoms with Crippen LogP contribution in [-0.4, -0.2) is 15.0 Å². The van der Waals surface area contributed by atoms with Gasteiger partial charge < -0.3 is 5.32 Å². The van der Waals surface area contributed by atoms with Crippen LogP contribution >= 0.6 is 11.3 Å². The summed E-state index contributed by atoms with van der Waals surface area (Å²) in [6.45, 7) is 2.86. The highest BCUT2D eigenvalue weighted by molar-refractivity contribution is 7.89. The Morgan fingerprint density at radius 1 is 1.38 bits per heavy atom. The van der Waals surface area contributed by atoms with Crippen LogP contribution in [0.3, 0.4) is 0 Å². The molecular weight excluding hydrogens is 304 g/mol. The standard InChI is InChI=1S/C15H18N2O2S2/c1-2-13(15-4-3-9-20-15)17-21(18,19)12-6-5-11-7-8-16-14(11)10-12/h3-6,9-10,13,16-17H,2,7-8H2,1H3. The second-order valence-corrected chi connectivity index (χ2v) is 7.79. The van der Waals surface area contributed by atoms with Crippen molar-refractivity contribution in [3.63, 3.8) is 0 Å². The monoisotopic (exact) mass is 322 g/mol. The van der Waals surface area contributed by atoms with Gasteiger partial charge in [0.2, 0.25) is 10.0 Å². The molecule has 1 aromatic carbocycles. The summed E-state index contributed by atoms with van der Waals surface area (Å²) in [4.78, 5) is 1.37. The largest absolute Gasteiger partial charge is 0.384 e. The summed E-state index contributed by atoms with van der Waals surface area (Å²) in [6.07, 6.45) is 1.68. The average Bonchev–Trinajstić information content (AvgIpc) is 3.14. The second-order valence-electron chi connectivity index (χ2n) is 5.09. The smallest absolute Gasteiger partial charge is 0.241 e. The zero-order valence-electron chi connectivity index (χ0n) is 11.8. The van der Waals surface area contributed by atoms with Crippen LogP contribution in [0.4, 0.5) is 5.69 Å². The van der Waals surface area contributed by atoms with Crippen LogP contribution in [0.2, 0.25) is 0 Å². The number of benzene rings is 1. The van der Waals surface area contributed by atoms with Gasteiger partial charge in [-0.15, -0.1) is 11.3 Å². The fourth-order valence-corrected chi connectivity index (χ4v) is 4.78. The van der Waals surface area contributed by atoms with Crippen molar-refractivity contribution in [3.8, 4) is 0 Å². The highest BCUT2D eigenvalue weighted by atomic mass is 32.2. The number of sulfonamides is 1. The third kappa shape index (κ3) is 2.97. The lowest BCUT2D eigenvalue weighted by Gasteiger charge is -2.16. The summed E-state index contributed by atoms with van der Waals surface area (Å²) in [5.74, 6) is 0. The summed E-state index contributed by atoms with van der Waals surface area (Å²) < 4.78 is 27.9. The molecule has 0 radical (unpaired) electrons. The van der Waals surface area contributed by atoms with Crippen molar-refractivity contribution in [3.05, 3.63) is 46.2 Å². The molecule has 0 bridgehead atoms. The molecule has 0 saturated heterocycles. The number of anilines is 1. The Morgan fingerprint density at radius 2 is 2.24 bits per heavy atom. The average molecular weight is 322 g/mol. The molecule has 1 atom stereocenters. The third-order valence-corrected chi connectivity index (χ3v) is 6.15. The molecule has 2 heterocycles. The van der Waals surface area contributed by atoms with Gasteiger partial charge >= 0.3 is 0 Å². The summed E-state index contributed by atoms with van der Waals surface area (Å²) in [7, 11) is -3.50. The second kappa shape index (κ2) is 5.79. The van der Waals surface area contributed by atoms with Gasteiger partial charge in [0.05, 0.1) is 10.9 Å². The zero-order chi connectivity index (χ0) is 14.9. The first-order chi connectivity index (χ1) is 10.1. The Morgan fingerprint density at radius 3 is 2.95 bits per heavy atom. The lowest BCUT2D eigenvalue weighted by atomic mass is 10.2. The normalized spacial score (nSPS) is 15.5. The van der Waals surface area contributed by atoms with E-state index in [0.29, 0.717) is 4.90 Å². The van der Waals surface area contributed by atoms with Crippen LogP contribution < -0.4 is 10.0 Å². The molecule has 1 unspecified atom stereocenters. The first-order valence-corrected chi connectivity index (χ1v) is 9.39. The third-order valence-electron chi connectivity index (χ3n) is 3.69. The molecule has 1 aromatic heterocycles. The minimum Gasteiger partial charge on any atom is -0.384 e. The first-order valence-electron chi connectivity index (χ1n) is 7.02. The van der Waals surface area contributed by atoms with E-state index < -0.39 is 10.0 Å². The zero-order valence-corrected chi connectivity index (χ0v) is 13.4. The van der Waals surface area contributed by atoms with E-state index in [2.05, 4.69) is 10.0 Å². The molecule has 0 saturated carbocycles. The molecule has 2 aromatic rings. The van der Waals surface area contributed by atoms with Gasteiger partial charge in [0.15, 0.2) is 0 Å². The number of thiophene rings is 1. The van der Waals surface area contributed by atoms with E-state index in [1.807, 2.05) is 30.5 Å². The van der Waals surface area contributed by atoms with E-state index in [-0.39, 0.29) is 6.04 Å². The Hall–Kier alpha value is -1.37. The van der Waals surface area contributed by atoms with Crippen LogP contribution in [-0.2, 0) is 16.4 Å². The van der Waals surface area contributed by atoms with E-state index in [1.54, 1.807) is 23.5 Å². The molecule has 6 heteroatoms. The molecule has 0 spiro atoms. The molecule has 21 heavy (non-hydrogen) atoms. The van der Waals surface area contributed by atoms with E-state index >= 15 is 0 Å². The first kappa shape index (κ1) is 14.6. The fraction of sp³-hybridized carbons (Fsp3) is 0.333. The minimum absolute atomic E-state index is 0.170. The summed E-state index contributed by atoms with van der Waals surface area (Å²) in [5.41, 5.74) is 2.11. The van der Waals surface area contributed by atoms with E-state index in [0.717, 1.165) is 30.0 Å². The molecule has 112 valence electrons. The highest BCUT2D eigenvalue weighted by Gasteiger charge is 2.22. The lowest BCUT2D eigenvalue weighted by Crippen LogP contribution is -2.27. The van der Waals surface area contributed by atoms with Crippen molar-refractivity contribution in [1.29, 1.82) is 0 Å². The van der Waals surface area contributed by atoms with Gasteiger partial charge in [-0.2, -0.15) is 0 Å². The van der Waals surface area contributed by atoms with Gasteiger partial charge in [0, 0.05) is 17.1 Å². The number of hydrogen-bond acceptors (Lipinski definition) is 4. The van der Waals surface area contributed by atoms with E-state index in [9.17, 15) is 8.42 Å². The van der Waals surface area contributed by atoms with Crippen molar-refractivity contribution in [2.24, 2.45) is 0 Å². The number of fused-ring (bicyclic) bond motifs is 1.